The zero-order valence-electron chi connectivity index (χ0n) is 11.8. The Hall–Kier alpha value is -2.68. The molecule has 0 aliphatic carbocycles. The van der Waals surface area contributed by atoms with Gasteiger partial charge in [-0.1, -0.05) is 0 Å². The van der Waals surface area contributed by atoms with Gasteiger partial charge in [0, 0.05) is 6.92 Å². The highest BCUT2D eigenvalue weighted by molar-refractivity contribution is 5.95. The predicted octanol–water partition coefficient (Wildman–Crippen LogP) is -0.110. The summed E-state index contributed by atoms with van der Waals surface area (Å²) in [7, 11) is 0. The number of hydrogen-bond acceptors (Lipinski definition) is 5. The summed E-state index contributed by atoms with van der Waals surface area (Å²) in [6, 6.07) is 3.68. The van der Waals surface area contributed by atoms with Gasteiger partial charge in [0.05, 0.1) is 24.3 Å². The van der Waals surface area contributed by atoms with E-state index in [1.54, 1.807) is 0 Å². The molecule has 1 aliphatic rings. The van der Waals surface area contributed by atoms with E-state index < -0.39 is 23.9 Å². The summed E-state index contributed by atoms with van der Waals surface area (Å²) < 4.78 is 18.9. The number of anilines is 1. The van der Waals surface area contributed by atoms with E-state index in [1.165, 1.54) is 24.0 Å². The maximum absolute atomic E-state index is 13.9. The van der Waals surface area contributed by atoms with Gasteiger partial charge in [-0.2, -0.15) is 0 Å². The van der Waals surface area contributed by atoms with E-state index >= 15 is 0 Å². The van der Waals surface area contributed by atoms with Crippen molar-refractivity contribution in [1.82, 2.24) is 10.7 Å². The van der Waals surface area contributed by atoms with E-state index in [0.29, 0.717) is 0 Å². The van der Waals surface area contributed by atoms with Crippen LogP contribution in [0.2, 0.25) is 0 Å². The van der Waals surface area contributed by atoms with Crippen molar-refractivity contribution in [2.75, 3.05) is 18.0 Å². The largest absolute Gasteiger partial charge is 0.442 e. The van der Waals surface area contributed by atoms with Crippen molar-refractivity contribution in [3.05, 3.63) is 29.6 Å². The summed E-state index contributed by atoms with van der Waals surface area (Å²) in [6.45, 7) is 1.69. The van der Waals surface area contributed by atoms with E-state index in [4.69, 9.17) is 10.6 Å². The monoisotopic (exact) mass is 310 g/mol. The standard InChI is InChI=1S/C13H15FN4O4/c1-7(19)16-5-9-6-18(13(21)22-9)8-2-3-10(11(14)4-8)12(20)17-15/h2-4,9H,5-6,15H2,1H3,(H,16,19)(H,17,20). The molecule has 0 aromatic heterocycles. The lowest BCUT2D eigenvalue weighted by molar-refractivity contribution is -0.119. The van der Waals surface area contributed by atoms with E-state index in [-0.39, 0.29) is 30.2 Å². The minimum atomic E-state index is -0.807. The van der Waals surface area contributed by atoms with Crippen LogP contribution in [-0.2, 0) is 9.53 Å². The Morgan fingerprint density at radius 2 is 2.23 bits per heavy atom. The summed E-state index contributed by atoms with van der Waals surface area (Å²) in [5.41, 5.74) is 1.85. The number of nitrogens with one attached hydrogen (secondary N) is 2. The number of nitrogen functional groups attached to an aromatic ring is 1. The zero-order valence-corrected chi connectivity index (χ0v) is 11.8. The van der Waals surface area contributed by atoms with Crippen molar-refractivity contribution in [1.29, 1.82) is 0 Å². The van der Waals surface area contributed by atoms with Crippen LogP contribution in [-0.4, -0.2) is 37.1 Å². The van der Waals surface area contributed by atoms with Crippen LogP contribution >= 0.6 is 0 Å². The Balaban J connectivity index is 2.12. The van der Waals surface area contributed by atoms with E-state index in [2.05, 4.69) is 5.32 Å². The lowest BCUT2D eigenvalue weighted by Gasteiger charge is -2.14. The fourth-order valence-corrected chi connectivity index (χ4v) is 2.03. The van der Waals surface area contributed by atoms with Gasteiger partial charge in [-0.3, -0.25) is 19.9 Å². The molecule has 0 radical (unpaired) electrons. The molecule has 4 N–H and O–H groups in total. The first kappa shape index (κ1) is 15.7. The van der Waals surface area contributed by atoms with Crippen LogP contribution in [0.3, 0.4) is 0 Å². The predicted molar refractivity (Wildman–Crippen MR) is 74.4 cm³/mol. The molecular formula is C13H15FN4O4. The molecule has 1 heterocycles. The summed E-state index contributed by atoms with van der Waals surface area (Å²) in [4.78, 5) is 35.2. The first-order valence-corrected chi connectivity index (χ1v) is 6.45. The lowest BCUT2D eigenvalue weighted by Crippen LogP contribution is -2.33. The minimum Gasteiger partial charge on any atom is -0.442 e. The van der Waals surface area contributed by atoms with Crippen LogP contribution in [0.15, 0.2) is 18.2 Å². The average Bonchev–Trinajstić information content (AvgIpc) is 2.85. The van der Waals surface area contributed by atoms with E-state index in [0.717, 1.165) is 6.07 Å². The van der Waals surface area contributed by atoms with Gasteiger partial charge >= 0.3 is 6.09 Å². The summed E-state index contributed by atoms with van der Waals surface area (Å²) in [5.74, 6) is 3.13. The van der Waals surface area contributed by atoms with E-state index in [1.807, 2.05) is 5.43 Å². The van der Waals surface area contributed by atoms with Crippen molar-refractivity contribution in [3.8, 4) is 0 Å². The first-order chi connectivity index (χ1) is 10.4. The number of carbonyl (C=O) groups is 3. The fourth-order valence-electron chi connectivity index (χ4n) is 2.03. The highest BCUT2D eigenvalue weighted by Crippen LogP contribution is 2.23. The fraction of sp³-hybridized carbons (Fsp3) is 0.308. The number of hydrogen-bond donors (Lipinski definition) is 3. The number of amides is 3. The molecule has 0 spiro atoms. The van der Waals surface area contributed by atoms with Crippen LogP contribution in [0.5, 0.6) is 0 Å². The Labute approximate surface area is 125 Å². The Bertz CT molecular complexity index is 622. The molecule has 0 saturated carbocycles. The number of halogens is 1. The second-order valence-corrected chi connectivity index (χ2v) is 4.69. The molecule has 1 atom stereocenters. The van der Waals surface area contributed by atoms with Crippen molar-refractivity contribution in [2.24, 2.45) is 5.84 Å². The van der Waals surface area contributed by atoms with Crippen molar-refractivity contribution in [3.63, 3.8) is 0 Å². The number of hydrazine groups is 1. The van der Waals surface area contributed by atoms with Crippen molar-refractivity contribution in [2.45, 2.75) is 13.0 Å². The summed E-state index contributed by atoms with van der Waals surface area (Å²) >= 11 is 0. The molecule has 2 rings (SSSR count). The van der Waals surface area contributed by atoms with Gasteiger partial charge in [-0.25, -0.2) is 15.0 Å². The first-order valence-electron chi connectivity index (χ1n) is 6.45. The highest BCUT2D eigenvalue weighted by Gasteiger charge is 2.32. The maximum atomic E-state index is 13.9. The van der Waals surface area contributed by atoms with Gasteiger partial charge in [0.15, 0.2) is 0 Å². The number of ether oxygens (including phenoxy) is 1. The van der Waals surface area contributed by atoms with Crippen LogP contribution in [0.25, 0.3) is 0 Å². The second-order valence-electron chi connectivity index (χ2n) is 4.69. The smallest absolute Gasteiger partial charge is 0.414 e. The molecule has 0 bridgehead atoms. The SMILES string of the molecule is CC(=O)NCC1CN(c2ccc(C(=O)NN)c(F)c2)C(=O)O1. The lowest BCUT2D eigenvalue weighted by atomic mass is 10.1. The minimum absolute atomic E-state index is 0.168. The maximum Gasteiger partial charge on any atom is 0.414 e. The van der Waals surface area contributed by atoms with Crippen LogP contribution in [0, 0.1) is 5.82 Å². The zero-order chi connectivity index (χ0) is 16.3. The molecule has 9 heteroatoms. The molecule has 1 aliphatic heterocycles. The Morgan fingerprint density at radius 3 is 2.82 bits per heavy atom. The van der Waals surface area contributed by atoms with Crippen molar-refractivity contribution < 1.29 is 23.5 Å². The van der Waals surface area contributed by atoms with Crippen molar-refractivity contribution >= 4 is 23.6 Å². The molecule has 118 valence electrons. The molecule has 8 nitrogen and oxygen atoms in total. The normalized spacial score (nSPS) is 17.1. The molecule has 1 unspecified atom stereocenters. The van der Waals surface area contributed by atoms with Gasteiger partial charge in [0.1, 0.15) is 11.9 Å². The van der Waals surface area contributed by atoms with E-state index in [9.17, 15) is 18.8 Å². The third-order valence-electron chi connectivity index (χ3n) is 3.09. The Kier molecular flexibility index (Phi) is 4.56. The number of cyclic esters (lactones) is 1. The molecule has 1 saturated heterocycles. The molecule has 22 heavy (non-hydrogen) atoms. The van der Waals surface area contributed by atoms with Gasteiger partial charge in [-0.05, 0) is 18.2 Å². The van der Waals surface area contributed by atoms with Gasteiger partial charge in [0.25, 0.3) is 5.91 Å². The van der Waals surface area contributed by atoms with Crippen LogP contribution in [0.4, 0.5) is 14.9 Å². The average molecular weight is 310 g/mol. The highest BCUT2D eigenvalue weighted by atomic mass is 19.1. The molecule has 1 aromatic carbocycles. The summed E-state index contributed by atoms with van der Waals surface area (Å²) in [5, 5.41) is 2.54. The quantitative estimate of drug-likeness (QED) is 0.408. The Morgan fingerprint density at radius 1 is 1.50 bits per heavy atom. The third-order valence-corrected chi connectivity index (χ3v) is 3.09. The number of benzene rings is 1. The van der Waals surface area contributed by atoms with Gasteiger partial charge < -0.3 is 10.1 Å². The molecule has 1 aromatic rings. The summed E-state index contributed by atoms with van der Waals surface area (Å²) in [6.07, 6.45) is -1.17. The molecular weight excluding hydrogens is 295 g/mol. The van der Waals surface area contributed by atoms with Crippen LogP contribution in [0.1, 0.15) is 17.3 Å². The third kappa shape index (κ3) is 3.31. The number of carbonyl (C=O) groups excluding carboxylic acids is 3. The number of rotatable bonds is 4. The molecule has 3 amide bonds. The number of nitrogens with zero attached hydrogens (tertiary/aromatic N) is 1. The second kappa shape index (κ2) is 6.39. The molecule has 1 fully saturated rings. The van der Waals surface area contributed by atoms with Gasteiger partial charge in [0.2, 0.25) is 5.91 Å². The number of nitrogens with two attached hydrogens (primary N) is 1. The topological polar surface area (TPSA) is 114 Å². The van der Waals surface area contributed by atoms with Crippen LogP contribution < -0.4 is 21.5 Å². The van der Waals surface area contributed by atoms with Gasteiger partial charge in [-0.15, -0.1) is 0 Å².